The van der Waals surface area contributed by atoms with Crippen LogP contribution in [0.3, 0.4) is 0 Å². The van der Waals surface area contributed by atoms with Crippen LogP contribution in [0.15, 0.2) is 12.1 Å². The van der Waals surface area contributed by atoms with Gasteiger partial charge in [0.15, 0.2) is 0 Å². The Kier molecular flexibility index (Phi) is 2.51. The molecule has 0 aromatic carbocycles. The maximum absolute atomic E-state index is 3.14. The van der Waals surface area contributed by atoms with Gasteiger partial charge in [-0.1, -0.05) is 5.92 Å². The van der Waals surface area contributed by atoms with E-state index in [1.54, 1.807) is 0 Å². The molecule has 0 aliphatic heterocycles. The standard InChI is InChI=1S/C13H10S3/c1-3-4-5-9-7-11-13(15-9)12-10(16-11)6-8(2)14-12/h6-7H,5H2,1-2H3. The predicted molar refractivity (Wildman–Crippen MR) is 77.0 cm³/mol. The Bertz CT molecular complexity index is 713. The monoisotopic (exact) mass is 262 g/mol. The highest BCUT2D eigenvalue weighted by atomic mass is 32.1. The van der Waals surface area contributed by atoms with Gasteiger partial charge in [0.2, 0.25) is 0 Å². The van der Waals surface area contributed by atoms with Crippen LogP contribution in [0, 0.1) is 18.8 Å². The average molecular weight is 262 g/mol. The van der Waals surface area contributed by atoms with Crippen LogP contribution in [0.2, 0.25) is 0 Å². The molecule has 0 fully saturated rings. The second-order valence-corrected chi connectivity index (χ2v) is 7.14. The lowest BCUT2D eigenvalue weighted by atomic mass is 10.3. The second kappa shape index (κ2) is 3.89. The van der Waals surface area contributed by atoms with Gasteiger partial charge in [0.05, 0.1) is 9.40 Å². The molecular weight excluding hydrogens is 252 g/mol. The first-order chi connectivity index (χ1) is 7.78. The highest BCUT2D eigenvalue weighted by molar-refractivity contribution is 7.38. The Morgan fingerprint density at radius 3 is 2.62 bits per heavy atom. The molecule has 0 atom stereocenters. The van der Waals surface area contributed by atoms with E-state index >= 15 is 0 Å². The smallest absolute Gasteiger partial charge is 0.0632 e. The third-order valence-electron chi connectivity index (χ3n) is 2.44. The van der Waals surface area contributed by atoms with E-state index in [0.29, 0.717) is 0 Å². The van der Waals surface area contributed by atoms with Crippen molar-refractivity contribution in [2.75, 3.05) is 0 Å². The summed E-state index contributed by atoms with van der Waals surface area (Å²) in [4.78, 5) is 2.80. The van der Waals surface area contributed by atoms with Crippen molar-refractivity contribution >= 4 is 52.8 Å². The van der Waals surface area contributed by atoms with Crippen LogP contribution < -0.4 is 0 Å². The van der Waals surface area contributed by atoms with Crippen molar-refractivity contribution in [1.82, 2.24) is 0 Å². The summed E-state index contributed by atoms with van der Waals surface area (Å²) >= 11 is 5.72. The molecule has 0 aliphatic carbocycles. The zero-order chi connectivity index (χ0) is 11.1. The van der Waals surface area contributed by atoms with Crippen molar-refractivity contribution in [2.45, 2.75) is 20.3 Å². The third kappa shape index (κ3) is 1.58. The van der Waals surface area contributed by atoms with Gasteiger partial charge >= 0.3 is 0 Å². The van der Waals surface area contributed by atoms with Gasteiger partial charge in [-0.05, 0) is 26.0 Å². The van der Waals surface area contributed by atoms with Gasteiger partial charge in [-0.3, -0.25) is 0 Å². The molecule has 3 heterocycles. The molecule has 3 aromatic heterocycles. The number of hydrogen-bond acceptors (Lipinski definition) is 3. The van der Waals surface area contributed by atoms with Crippen LogP contribution in [-0.4, -0.2) is 0 Å². The fourth-order valence-corrected chi connectivity index (χ4v) is 5.66. The van der Waals surface area contributed by atoms with Crippen molar-refractivity contribution in [1.29, 1.82) is 0 Å². The molecule has 0 N–H and O–H groups in total. The largest absolute Gasteiger partial charge is 0.138 e. The van der Waals surface area contributed by atoms with Crippen LogP contribution in [-0.2, 0) is 6.42 Å². The fraction of sp³-hybridized carbons (Fsp3) is 0.231. The Hall–Kier alpha value is -0.820. The van der Waals surface area contributed by atoms with Crippen molar-refractivity contribution in [3.05, 3.63) is 21.9 Å². The SMILES string of the molecule is CC#CCc1cc2sc3cc(C)sc3c2s1. The zero-order valence-electron chi connectivity index (χ0n) is 9.09. The lowest BCUT2D eigenvalue weighted by Gasteiger charge is -1.82. The topological polar surface area (TPSA) is 0 Å². The van der Waals surface area contributed by atoms with Gasteiger partial charge in [0.1, 0.15) is 0 Å². The van der Waals surface area contributed by atoms with Crippen molar-refractivity contribution in [2.24, 2.45) is 0 Å². The van der Waals surface area contributed by atoms with Gasteiger partial charge < -0.3 is 0 Å². The Balaban J connectivity index is 2.19. The first kappa shape index (κ1) is 10.3. The first-order valence-electron chi connectivity index (χ1n) is 5.09. The maximum Gasteiger partial charge on any atom is 0.0632 e. The summed E-state index contributed by atoms with van der Waals surface area (Å²) in [6, 6.07) is 4.60. The number of aryl methyl sites for hydroxylation is 1. The molecule has 0 amide bonds. The van der Waals surface area contributed by atoms with Crippen molar-refractivity contribution in [3.63, 3.8) is 0 Å². The van der Waals surface area contributed by atoms with Gasteiger partial charge in [-0.15, -0.1) is 39.9 Å². The number of hydrogen-bond donors (Lipinski definition) is 0. The first-order valence-corrected chi connectivity index (χ1v) is 7.54. The maximum atomic E-state index is 3.14. The highest BCUT2D eigenvalue weighted by Crippen LogP contribution is 2.43. The van der Waals surface area contributed by atoms with Gasteiger partial charge in [0, 0.05) is 25.6 Å². The molecule has 0 spiro atoms. The molecule has 16 heavy (non-hydrogen) atoms. The number of rotatable bonds is 1. The zero-order valence-corrected chi connectivity index (χ0v) is 11.5. The minimum atomic E-state index is 0.897. The molecule has 3 heteroatoms. The number of fused-ring (bicyclic) bond motifs is 3. The van der Waals surface area contributed by atoms with Crippen LogP contribution in [0.1, 0.15) is 16.7 Å². The fourth-order valence-electron chi connectivity index (χ4n) is 1.76. The van der Waals surface area contributed by atoms with E-state index in [9.17, 15) is 0 Å². The van der Waals surface area contributed by atoms with Crippen molar-refractivity contribution in [3.8, 4) is 11.8 Å². The molecule has 0 saturated carbocycles. The predicted octanol–water partition coefficient (Wildman–Crippen LogP) is 5.05. The summed E-state index contributed by atoms with van der Waals surface area (Å²) in [5.41, 5.74) is 0. The Morgan fingerprint density at radius 1 is 1.06 bits per heavy atom. The summed E-state index contributed by atoms with van der Waals surface area (Å²) < 4.78 is 5.81. The van der Waals surface area contributed by atoms with Gasteiger partial charge in [-0.25, -0.2) is 0 Å². The molecule has 0 bridgehead atoms. The van der Waals surface area contributed by atoms with E-state index in [4.69, 9.17) is 0 Å². The molecule has 0 unspecified atom stereocenters. The molecule has 3 rings (SSSR count). The normalized spacial score (nSPS) is 10.9. The van der Waals surface area contributed by atoms with E-state index in [0.717, 1.165) is 6.42 Å². The second-order valence-electron chi connectivity index (χ2n) is 3.66. The van der Waals surface area contributed by atoms with E-state index in [1.165, 1.54) is 28.6 Å². The highest BCUT2D eigenvalue weighted by Gasteiger charge is 2.11. The average Bonchev–Trinajstić information content (AvgIpc) is 2.85. The third-order valence-corrected chi connectivity index (χ3v) is 6.13. The Morgan fingerprint density at radius 2 is 1.81 bits per heavy atom. The van der Waals surface area contributed by atoms with Crippen LogP contribution in [0.4, 0.5) is 0 Å². The summed E-state index contributed by atoms with van der Waals surface area (Å²) in [6.07, 6.45) is 0.897. The summed E-state index contributed by atoms with van der Waals surface area (Å²) in [7, 11) is 0. The summed E-state index contributed by atoms with van der Waals surface area (Å²) in [5, 5.41) is 0. The lowest BCUT2D eigenvalue weighted by Crippen LogP contribution is -1.69. The molecule has 3 aromatic rings. The Labute approximate surface area is 107 Å². The van der Waals surface area contributed by atoms with Crippen LogP contribution in [0.25, 0.3) is 18.8 Å². The van der Waals surface area contributed by atoms with E-state index in [2.05, 4.69) is 30.9 Å². The molecule has 0 radical (unpaired) electrons. The summed E-state index contributed by atoms with van der Waals surface area (Å²) in [6.45, 7) is 4.08. The minimum absolute atomic E-state index is 0.897. The molecule has 80 valence electrons. The van der Waals surface area contributed by atoms with E-state index in [-0.39, 0.29) is 0 Å². The summed E-state index contributed by atoms with van der Waals surface area (Å²) in [5.74, 6) is 6.09. The van der Waals surface area contributed by atoms with Crippen LogP contribution in [0.5, 0.6) is 0 Å². The van der Waals surface area contributed by atoms with Gasteiger partial charge in [0.25, 0.3) is 0 Å². The molecule has 0 aliphatic rings. The molecule has 0 nitrogen and oxygen atoms in total. The lowest BCUT2D eigenvalue weighted by molar-refractivity contribution is 1.41. The quantitative estimate of drug-likeness (QED) is 0.538. The van der Waals surface area contributed by atoms with Gasteiger partial charge in [-0.2, -0.15) is 0 Å². The van der Waals surface area contributed by atoms with Crippen LogP contribution >= 0.6 is 34.0 Å². The van der Waals surface area contributed by atoms with E-state index in [1.807, 2.05) is 40.9 Å². The van der Waals surface area contributed by atoms with E-state index < -0.39 is 0 Å². The number of thiophene rings is 3. The van der Waals surface area contributed by atoms with Crippen molar-refractivity contribution < 1.29 is 0 Å². The molecular formula is C13H10S3. The molecule has 0 saturated heterocycles. The minimum Gasteiger partial charge on any atom is -0.138 e.